The van der Waals surface area contributed by atoms with Crippen LogP contribution in [0.5, 0.6) is 17.2 Å². The summed E-state index contributed by atoms with van der Waals surface area (Å²) >= 11 is 6.79. The van der Waals surface area contributed by atoms with E-state index in [-0.39, 0.29) is 16.6 Å². The molecule has 0 saturated carbocycles. The number of hydrogen-bond donors (Lipinski definition) is 2. The molecule has 0 aliphatic rings. The Balaban J connectivity index is 1.65. The quantitative estimate of drug-likeness (QED) is 0.527. The van der Waals surface area contributed by atoms with Crippen LogP contribution in [-0.4, -0.2) is 43.3 Å². The Labute approximate surface area is 187 Å². The number of aromatic nitrogens is 2. The molecule has 3 aromatic rings. The third-order valence-electron chi connectivity index (χ3n) is 4.07. The fraction of sp³-hybridized carbons (Fsp3) is 0.200. The molecule has 162 valence electrons. The van der Waals surface area contributed by atoms with E-state index < -0.39 is 11.8 Å². The van der Waals surface area contributed by atoms with Crippen LogP contribution < -0.4 is 24.8 Å². The monoisotopic (exact) mass is 462 g/mol. The van der Waals surface area contributed by atoms with Gasteiger partial charge in [0.1, 0.15) is 0 Å². The summed E-state index contributed by atoms with van der Waals surface area (Å²) < 4.78 is 15.9. The molecule has 2 N–H and O–H groups in total. The number of ether oxygens (including phenoxy) is 3. The molecule has 31 heavy (non-hydrogen) atoms. The third-order valence-corrected chi connectivity index (χ3v) is 5.23. The zero-order valence-corrected chi connectivity index (χ0v) is 18.5. The average Bonchev–Trinajstić information content (AvgIpc) is 3.27. The number of nitrogens with one attached hydrogen (secondary N) is 2. The van der Waals surface area contributed by atoms with Crippen LogP contribution in [0.1, 0.15) is 25.2 Å². The van der Waals surface area contributed by atoms with Gasteiger partial charge in [-0.2, -0.15) is 0 Å². The van der Waals surface area contributed by atoms with Gasteiger partial charge in [-0.15, -0.1) is 10.2 Å². The highest BCUT2D eigenvalue weighted by Gasteiger charge is 2.19. The van der Waals surface area contributed by atoms with Crippen molar-refractivity contribution in [2.24, 2.45) is 0 Å². The number of anilines is 1. The molecular formula is C20H19ClN4O5S. The van der Waals surface area contributed by atoms with Crippen LogP contribution in [0.3, 0.4) is 0 Å². The van der Waals surface area contributed by atoms with Gasteiger partial charge < -0.3 is 24.8 Å². The average molecular weight is 463 g/mol. The van der Waals surface area contributed by atoms with Crippen LogP contribution in [0.2, 0.25) is 5.02 Å². The summed E-state index contributed by atoms with van der Waals surface area (Å²) in [6.07, 6.45) is 0. The molecule has 1 heterocycles. The number of halogens is 1. The van der Waals surface area contributed by atoms with E-state index in [0.717, 1.165) is 16.9 Å². The van der Waals surface area contributed by atoms with Crippen LogP contribution in [0.25, 0.3) is 0 Å². The highest BCUT2D eigenvalue weighted by molar-refractivity contribution is 7.15. The molecule has 3 rings (SSSR count). The van der Waals surface area contributed by atoms with Crippen LogP contribution >= 0.6 is 22.9 Å². The Morgan fingerprint density at radius 1 is 0.968 bits per heavy atom. The summed E-state index contributed by atoms with van der Waals surface area (Å²) in [5.74, 6) is 0.458. The first-order valence-corrected chi connectivity index (χ1v) is 10.1. The van der Waals surface area contributed by atoms with E-state index in [0.29, 0.717) is 28.0 Å². The van der Waals surface area contributed by atoms with Crippen molar-refractivity contribution in [3.63, 3.8) is 0 Å². The Kier molecular flexibility index (Phi) is 7.27. The van der Waals surface area contributed by atoms with Crippen molar-refractivity contribution in [3.8, 4) is 17.2 Å². The molecule has 0 fully saturated rings. The molecule has 2 amide bonds. The topological polar surface area (TPSA) is 112 Å². The lowest BCUT2D eigenvalue weighted by molar-refractivity contribution is 0.0948. The third kappa shape index (κ3) is 5.41. The van der Waals surface area contributed by atoms with Gasteiger partial charge in [0.15, 0.2) is 11.5 Å². The standard InChI is InChI=1S/C20H19ClN4O5S/c1-28-14-7-11(8-15(29-2)16(14)30-3)10-22-17(26)19-24-25-20(31-19)18(27)23-13-6-4-5-12(21)9-13/h4-9H,10H2,1-3H3,(H,22,26)(H,23,27). The molecule has 0 bridgehead atoms. The van der Waals surface area contributed by atoms with Gasteiger partial charge >= 0.3 is 0 Å². The number of rotatable bonds is 8. The fourth-order valence-corrected chi connectivity index (χ4v) is 3.50. The number of carbonyl (C=O) groups excluding carboxylic acids is 2. The van der Waals surface area contributed by atoms with E-state index in [1.54, 1.807) is 36.4 Å². The first-order valence-electron chi connectivity index (χ1n) is 8.92. The van der Waals surface area contributed by atoms with Crippen molar-refractivity contribution < 1.29 is 23.8 Å². The van der Waals surface area contributed by atoms with E-state index in [1.165, 1.54) is 21.3 Å². The maximum atomic E-state index is 12.4. The molecule has 0 atom stereocenters. The van der Waals surface area contributed by atoms with Crippen molar-refractivity contribution in [2.45, 2.75) is 6.54 Å². The number of benzene rings is 2. The van der Waals surface area contributed by atoms with Crippen molar-refractivity contribution in [2.75, 3.05) is 26.6 Å². The molecular weight excluding hydrogens is 444 g/mol. The smallest absolute Gasteiger partial charge is 0.286 e. The molecule has 0 unspecified atom stereocenters. The number of amides is 2. The molecule has 0 radical (unpaired) electrons. The summed E-state index contributed by atoms with van der Waals surface area (Å²) in [5.41, 5.74) is 1.24. The molecule has 11 heteroatoms. The summed E-state index contributed by atoms with van der Waals surface area (Å²) in [5, 5.41) is 13.6. The number of carbonyl (C=O) groups is 2. The lowest BCUT2D eigenvalue weighted by Gasteiger charge is -2.14. The lowest BCUT2D eigenvalue weighted by atomic mass is 10.1. The van der Waals surface area contributed by atoms with E-state index >= 15 is 0 Å². The second-order valence-corrected chi connectivity index (χ2v) is 7.51. The first-order chi connectivity index (χ1) is 14.9. The molecule has 9 nitrogen and oxygen atoms in total. The van der Waals surface area contributed by atoms with Crippen LogP contribution in [0.4, 0.5) is 5.69 Å². The Hall–Kier alpha value is -3.37. The number of methoxy groups -OCH3 is 3. The predicted octanol–water partition coefficient (Wildman–Crippen LogP) is 3.40. The van der Waals surface area contributed by atoms with Crippen molar-refractivity contribution in [3.05, 3.63) is 57.0 Å². The van der Waals surface area contributed by atoms with Gasteiger partial charge in [0, 0.05) is 17.3 Å². The van der Waals surface area contributed by atoms with E-state index in [2.05, 4.69) is 20.8 Å². The van der Waals surface area contributed by atoms with Crippen molar-refractivity contribution in [1.82, 2.24) is 15.5 Å². The molecule has 0 aliphatic carbocycles. The van der Waals surface area contributed by atoms with Crippen LogP contribution in [0, 0.1) is 0 Å². The van der Waals surface area contributed by atoms with E-state index in [4.69, 9.17) is 25.8 Å². The summed E-state index contributed by atoms with van der Waals surface area (Å²) in [6.45, 7) is 0.180. The van der Waals surface area contributed by atoms with Gasteiger partial charge in [-0.05, 0) is 35.9 Å². The summed E-state index contributed by atoms with van der Waals surface area (Å²) in [7, 11) is 4.53. The van der Waals surface area contributed by atoms with Gasteiger partial charge in [-0.1, -0.05) is 29.0 Å². The highest BCUT2D eigenvalue weighted by atomic mass is 35.5. The van der Waals surface area contributed by atoms with Gasteiger partial charge in [-0.3, -0.25) is 9.59 Å². The number of nitrogens with zero attached hydrogens (tertiary/aromatic N) is 2. The SMILES string of the molecule is COc1cc(CNC(=O)c2nnc(C(=O)Nc3cccc(Cl)c3)s2)cc(OC)c1OC. The Bertz CT molecular complexity index is 1080. The number of hydrogen-bond acceptors (Lipinski definition) is 8. The maximum absolute atomic E-state index is 12.4. The minimum absolute atomic E-state index is 0.0536. The van der Waals surface area contributed by atoms with E-state index in [9.17, 15) is 9.59 Å². The molecule has 0 saturated heterocycles. The highest BCUT2D eigenvalue weighted by Crippen LogP contribution is 2.38. The molecule has 0 spiro atoms. The Morgan fingerprint density at radius 2 is 1.61 bits per heavy atom. The minimum Gasteiger partial charge on any atom is -0.493 e. The van der Waals surface area contributed by atoms with Gasteiger partial charge in [0.25, 0.3) is 11.8 Å². The van der Waals surface area contributed by atoms with Crippen LogP contribution in [0.15, 0.2) is 36.4 Å². The Morgan fingerprint density at radius 3 is 2.19 bits per heavy atom. The largest absolute Gasteiger partial charge is 0.493 e. The predicted molar refractivity (Wildman–Crippen MR) is 117 cm³/mol. The second-order valence-electron chi connectivity index (χ2n) is 6.09. The molecule has 1 aromatic heterocycles. The van der Waals surface area contributed by atoms with Crippen molar-refractivity contribution >= 4 is 40.4 Å². The fourth-order valence-electron chi connectivity index (χ4n) is 2.65. The maximum Gasteiger partial charge on any atom is 0.286 e. The van der Waals surface area contributed by atoms with Gasteiger partial charge in [0.05, 0.1) is 21.3 Å². The normalized spacial score (nSPS) is 10.3. The molecule has 2 aromatic carbocycles. The summed E-state index contributed by atoms with van der Waals surface area (Å²) in [4.78, 5) is 24.8. The second kappa shape index (κ2) is 10.1. The first kappa shape index (κ1) is 22.3. The zero-order valence-electron chi connectivity index (χ0n) is 16.9. The lowest BCUT2D eigenvalue weighted by Crippen LogP contribution is -2.22. The molecule has 0 aliphatic heterocycles. The van der Waals surface area contributed by atoms with Gasteiger partial charge in [0.2, 0.25) is 15.8 Å². The summed E-state index contributed by atoms with van der Waals surface area (Å²) in [6, 6.07) is 10.2. The van der Waals surface area contributed by atoms with E-state index in [1.807, 2.05) is 0 Å². The zero-order chi connectivity index (χ0) is 22.4. The van der Waals surface area contributed by atoms with Crippen LogP contribution in [-0.2, 0) is 6.54 Å². The minimum atomic E-state index is -0.483. The van der Waals surface area contributed by atoms with Crippen molar-refractivity contribution in [1.29, 1.82) is 0 Å². The van der Waals surface area contributed by atoms with Gasteiger partial charge in [-0.25, -0.2) is 0 Å².